The van der Waals surface area contributed by atoms with Gasteiger partial charge in [0.05, 0.1) is 17.3 Å². The van der Waals surface area contributed by atoms with Crippen LogP contribution in [0.4, 0.5) is 10.8 Å². The molecule has 3 aromatic rings. The van der Waals surface area contributed by atoms with Gasteiger partial charge in [-0.25, -0.2) is 4.98 Å². The number of hydrogen-bond donors (Lipinski definition) is 4. The van der Waals surface area contributed by atoms with E-state index in [9.17, 15) is 4.79 Å². The molecule has 0 radical (unpaired) electrons. The van der Waals surface area contributed by atoms with Gasteiger partial charge >= 0.3 is 0 Å². The van der Waals surface area contributed by atoms with E-state index in [0.717, 1.165) is 21.7 Å². The number of thiazole rings is 1. The van der Waals surface area contributed by atoms with Gasteiger partial charge < -0.3 is 15.4 Å². The molecule has 1 aromatic heterocycles. The second-order valence-corrected chi connectivity index (χ2v) is 7.09. The SMILES string of the molecule is COc1ccc(NC(=S)NNC(=O)[C@H](C)Nc2nc3ccccc3s2)cc1. The zero-order chi connectivity index (χ0) is 19.2. The van der Waals surface area contributed by atoms with E-state index >= 15 is 0 Å². The number of anilines is 2. The first-order valence-corrected chi connectivity index (χ1v) is 9.40. The van der Waals surface area contributed by atoms with Gasteiger partial charge in [-0.1, -0.05) is 23.5 Å². The van der Waals surface area contributed by atoms with Crippen molar-refractivity contribution in [2.75, 3.05) is 17.7 Å². The van der Waals surface area contributed by atoms with Crippen LogP contribution < -0.4 is 26.2 Å². The molecule has 0 unspecified atom stereocenters. The second kappa shape index (κ2) is 8.65. The lowest BCUT2D eigenvalue weighted by atomic mass is 10.3. The molecule has 0 saturated heterocycles. The van der Waals surface area contributed by atoms with Gasteiger partial charge in [-0.15, -0.1) is 0 Å². The van der Waals surface area contributed by atoms with Crippen LogP contribution in [-0.4, -0.2) is 29.2 Å². The van der Waals surface area contributed by atoms with E-state index in [4.69, 9.17) is 17.0 Å². The molecule has 0 aliphatic rings. The van der Waals surface area contributed by atoms with E-state index in [1.807, 2.05) is 48.5 Å². The maximum atomic E-state index is 12.2. The summed E-state index contributed by atoms with van der Waals surface area (Å²) in [4.78, 5) is 16.7. The van der Waals surface area contributed by atoms with Gasteiger partial charge in [0.2, 0.25) is 0 Å². The number of ether oxygens (including phenoxy) is 1. The van der Waals surface area contributed by atoms with Crippen LogP contribution in [-0.2, 0) is 4.79 Å². The third-order valence-corrected chi connectivity index (χ3v) is 4.85. The zero-order valence-electron chi connectivity index (χ0n) is 14.8. The Kier molecular flexibility index (Phi) is 6.05. The number of aromatic nitrogens is 1. The summed E-state index contributed by atoms with van der Waals surface area (Å²) < 4.78 is 6.17. The van der Waals surface area contributed by atoms with Gasteiger partial charge in [0.25, 0.3) is 5.91 Å². The molecule has 0 fully saturated rings. The van der Waals surface area contributed by atoms with Crippen molar-refractivity contribution in [3.05, 3.63) is 48.5 Å². The lowest BCUT2D eigenvalue weighted by molar-refractivity contribution is -0.122. The maximum absolute atomic E-state index is 12.2. The number of thiocarbonyl (C=S) groups is 1. The maximum Gasteiger partial charge on any atom is 0.260 e. The smallest absolute Gasteiger partial charge is 0.260 e. The molecule has 0 aliphatic carbocycles. The topological polar surface area (TPSA) is 87.3 Å². The molecule has 3 rings (SSSR count). The number of nitrogens with one attached hydrogen (secondary N) is 4. The van der Waals surface area contributed by atoms with Crippen LogP contribution in [0.2, 0.25) is 0 Å². The minimum atomic E-state index is -0.484. The molecule has 2 aromatic carbocycles. The van der Waals surface area contributed by atoms with Crippen molar-refractivity contribution in [2.24, 2.45) is 0 Å². The van der Waals surface area contributed by atoms with Gasteiger partial charge in [-0.2, -0.15) is 0 Å². The first-order valence-electron chi connectivity index (χ1n) is 8.18. The van der Waals surface area contributed by atoms with Crippen molar-refractivity contribution in [1.82, 2.24) is 15.8 Å². The van der Waals surface area contributed by atoms with Crippen LogP contribution in [0.3, 0.4) is 0 Å². The van der Waals surface area contributed by atoms with E-state index in [1.165, 1.54) is 11.3 Å². The van der Waals surface area contributed by atoms with Gasteiger partial charge in [-0.3, -0.25) is 15.6 Å². The van der Waals surface area contributed by atoms with Gasteiger partial charge in [0.1, 0.15) is 11.8 Å². The molecule has 0 aliphatic heterocycles. The lowest BCUT2D eigenvalue weighted by Crippen LogP contribution is -2.49. The van der Waals surface area contributed by atoms with Gasteiger partial charge in [0, 0.05) is 5.69 Å². The highest BCUT2D eigenvalue weighted by molar-refractivity contribution is 7.80. The van der Waals surface area contributed by atoms with Crippen LogP contribution in [0, 0.1) is 0 Å². The standard InChI is InChI=1S/C18H19N5O2S2/c1-11(19-18-21-14-5-3-4-6-15(14)27-18)16(24)22-23-17(26)20-12-7-9-13(25-2)10-8-12/h3-11H,1-2H3,(H,19,21)(H,22,24)(H2,20,23,26)/t11-/m0/s1. The summed E-state index contributed by atoms with van der Waals surface area (Å²) in [6.45, 7) is 1.75. The van der Waals surface area contributed by atoms with E-state index in [1.54, 1.807) is 14.0 Å². The first-order chi connectivity index (χ1) is 13.0. The fourth-order valence-electron chi connectivity index (χ4n) is 2.25. The number of para-hydroxylation sites is 1. The molecule has 1 heterocycles. The predicted molar refractivity (Wildman–Crippen MR) is 113 cm³/mol. The molecule has 0 spiro atoms. The number of fused-ring (bicyclic) bond motifs is 1. The Labute approximate surface area is 166 Å². The van der Waals surface area contributed by atoms with Crippen molar-refractivity contribution in [3.63, 3.8) is 0 Å². The number of methoxy groups -OCH3 is 1. The van der Waals surface area contributed by atoms with Crippen molar-refractivity contribution >= 4 is 55.6 Å². The summed E-state index contributed by atoms with van der Waals surface area (Å²) in [6.07, 6.45) is 0. The zero-order valence-corrected chi connectivity index (χ0v) is 16.4. The van der Waals surface area contributed by atoms with Gasteiger partial charge in [0.15, 0.2) is 10.2 Å². The Bertz CT molecular complexity index is 909. The number of carbonyl (C=O) groups is 1. The number of amides is 1. The summed E-state index contributed by atoms with van der Waals surface area (Å²) in [6, 6.07) is 14.6. The molecule has 0 saturated carbocycles. The quantitative estimate of drug-likeness (QED) is 0.386. The highest BCUT2D eigenvalue weighted by atomic mass is 32.1. The van der Waals surface area contributed by atoms with Crippen LogP contribution in [0.5, 0.6) is 5.75 Å². The largest absolute Gasteiger partial charge is 0.497 e. The molecule has 7 nitrogen and oxygen atoms in total. The van der Waals surface area contributed by atoms with E-state index < -0.39 is 6.04 Å². The van der Waals surface area contributed by atoms with Crippen molar-refractivity contribution in [3.8, 4) is 5.75 Å². The number of hydrazine groups is 1. The number of hydrogen-bond acceptors (Lipinski definition) is 6. The van der Waals surface area contributed by atoms with Crippen LogP contribution in [0.1, 0.15) is 6.92 Å². The van der Waals surface area contributed by atoms with Gasteiger partial charge in [-0.05, 0) is 55.5 Å². The predicted octanol–water partition coefficient (Wildman–Crippen LogP) is 3.12. The summed E-state index contributed by atoms with van der Waals surface area (Å²) in [5.74, 6) is 0.496. The molecule has 4 N–H and O–H groups in total. The molecule has 1 amide bonds. The molecular formula is C18H19N5O2S2. The number of carbonyl (C=O) groups excluding carboxylic acids is 1. The fraction of sp³-hybridized carbons (Fsp3) is 0.167. The number of benzene rings is 2. The molecule has 1 atom stereocenters. The number of nitrogens with zero attached hydrogens (tertiary/aromatic N) is 1. The third-order valence-electron chi connectivity index (χ3n) is 3.67. The van der Waals surface area contributed by atoms with E-state index in [2.05, 4.69) is 26.5 Å². The molecule has 9 heteroatoms. The van der Waals surface area contributed by atoms with E-state index in [0.29, 0.717) is 5.13 Å². The Morgan fingerprint density at radius 3 is 2.59 bits per heavy atom. The van der Waals surface area contributed by atoms with Crippen molar-refractivity contribution in [1.29, 1.82) is 0 Å². The first kappa shape index (κ1) is 18.9. The van der Waals surface area contributed by atoms with Crippen LogP contribution >= 0.6 is 23.6 Å². The molecule has 27 heavy (non-hydrogen) atoms. The highest BCUT2D eigenvalue weighted by Gasteiger charge is 2.14. The fourth-order valence-corrected chi connectivity index (χ4v) is 3.37. The Hall–Kier alpha value is -2.91. The summed E-state index contributed by atoms with van der Waals surface area (Å²) >= 11 is 6.68. The Morgan fingerprint density at radius 2 is 1.89 bits per heavy atom. The Balaban J connectivity index is 1.48. The highest BCUT2D eigenvalue weighted by Crippen LogP contribution is 2.25. The average Bonchev–Trinajstić information content (AvgIpc) is 3.09. The lowest BCUT2D eigenvalue weighted by Gasteiger charge is -2.15. The van der Waals surface area contributed by atoms with E-state index in [-0.39, 0.29) is 11.0 Å². The third kappa shape index (κ3) is 5.05. The van der Waals surface area contributed by atoms with Crippen LogP contribution in [0.25, 0.3) is 10.2 Å². The minimum Gasteiger partial charge on any atom is -0.497 e. The molecule has 0 bridgehead atoms. The van der Waals surface area contributed by atoms with Crippen LogP contribution in [0.15, 0.2) is 48.5 Å². The molecular weight excluding hydrogens is 382 g/mol. The monoisotopic (exact) mass is 401 g/mol. The second-order valence-electron chi connectivity index (χ2n) is 5.65. The minimum absolute atomic E-state index is 0.256. The molecule has 140 valence electrons. The van der Waals surface area contributed by atoms with Crippen molar-refractivity contribution < 1.29 is 9.53 Å². The number of rotatable bonds is 5. The Morgan fingerprint density at radius 1 is 1.15 bits per heavy atom. The normalized spacial score (nSPS) is 11.5. The summed E-state index contributed by atoms with van der Waals surface area (Å²) in [5, 5.41) is 7.04. The van der Waals surface area contributed by atoms with Crippen molar-refractivity contribution in [2.45, 2.75) is 13.0 Å². The summed E-state index contributed by atoms with van der Waals surface area (Å²) in [7, 11) is 1.60. The summed E-state index contributed by atoms with van der Waals surface area (Å²) in [5.41, 5.74) is 6.95. The average molecular weight is 402 g/mol.